The number of hydrogen-bond acceptors (Lipinski definition) is 5. The number of anilines is 1. The first-order valence-corrected chi connectivity index (χ1v) is 12.6. The highest BCUT2D eigenvalue weighted by Gasteiger charge is 2.43. The summed E-state index contributed by atoms with van der Waals surface area (Å²) in [6.07, 6.45) is 2.00. The van der Waals surface area contributed by atoms with E-state index in [1.54, 1.807) is 47.4 Å². The number of Topliss-reactive ketones (excluding diaryl/α,β-unsaturated/α-hetero) is 1. The molecule has 0 spiro atoms. The molecule has 182 valence electrons. The molecule has 1 amide bonds. The van der Waals surface area contributed by atoms with Crippen LogP contribution in [0.25, 0.3) is 11.0 Å². The highest BCUT2D eigenvalue weighted by molar-refractivity contribution is 9.10. The van der Waals surface area contributed by atoms with Gasteiger partial charge in [0.15, 0.2) is 11.2 Å². The molecule has 7 heteroatoms. The van der Waals surface area contributed by atoms with Crippen LogP contribution < -0.4 is 15.1 Å². The molecule has 5 rings (SSSR count). The van der Waals surface area contributed by atoms with Crippen LogP contribution in [0.4, 0.5) is 5.69 Å². The number of carbonyl (C=O) groups is 2. The lowest BCUT2D eigenvalue weighted by atomic mass is 9.98. The molecule has 1 atom stereocenters. The molecule has 1 unspecified atom stereocenters. The molecule has 0 radical (unpaired) electrons. The summed E-state index contributed by atoms with van der Waals surface area (Å²) < 4.78 is 12.6. The largest absolute Gasteiger partial charge is 0.494 e. The smallest absolute Gasteiger partial charge is 0.295 e. The summed E-state index contributed by atoms with van der Waals surface area (Å²) in [6.45, 7) is 4.22. The number of halogens is 1. The second-order valence-corrected chi connectivity index (χ2v) is 9.68. The third-order valence-corrected chi connectivity index (χ3v) is 6.84. The van der Waals surface area contributed by atoms with Crippen LogP contribution in [0.1, 0.15) is 64.8 Å². The zero-order valence-corrected chi connectivity index (χ0v) is 21.5. The molecular formula is C29H24BrNO5. The van der Waals surface area contributed by atoms with E-state index in [9.17, 15) is 14.4 Å². The first-order valence-electron chi connectivity index (χ1n) is 11.8. The molecule has 1 aliphatic heterocycles. The second-order valence-electron chi connectivity index (χ2n) is 8.77. The van der Waals surface area contributed by atoms with Crippen LogP contribution in [0, 0.1) is 0 Å². The number of nitrogens with zero attached hydrogens (tertiary/aromatic N) is 1. The van der Waals surface area contributed by atoms with Crippen LogP contribution in [0.5, 0.6) is 5.75 Å². The Hall–Kier alpha value is -3.71. The Morgan fingerprint density at radius 2 is 1.75 bits per heavy atom. The van der Waals surface area contributed by atoms with Crippen LogP contribution in [-0.2, 0) is 0 Å². The van der Waals surface area contributed by atoms with E-state index in [0.29, 0.717) is 34.4 Å². The molecule has 0 N–H and O–H groups in total. The van der Waals surface area contributed by atoms with Gasteiger partial charge in [-0.15, -0.1) is 0 Å². The van der Waals surface area contributed by atoms with Gasteiger partial charge in [0.1, 0.15) is 11.3 Å². The Balaban J connectivity index is 1.66. The molecule has 6 nitrogen and oxygen atoms in total. The van der Waals surface area contributed by atoms with Gasteiger partial charge < -0.3 is 9.15 Å². The predicted octanol–water partition coefficient (Wildman–Crippen LogP) is 6.69. The number of rotatable bonds is 7. The molecule has 36 heavy (non-hydrogen) atoms. The molecule has 4 aromatic rings. The predicted molar refractivity (Wildman–Crippen MR) is 142 cm³/mol. The van der Waals surface area contributed by atoms with Crippen molar-refractivity contribution in [2.24, 2.45) is 0 Å². The number of unbranched alkanes of at least 4 members (excludes halogenated alkanes) is 1. The summed E-state index contributed by atoms with van der Waals surface area (Å²) in [7, 11) is 0. The van der Waals surface area contributed by atoms with E-state index in [1.165, 1.54) is 6.92 Å². The quantitative estimate of drug-likeness (QED) is 0.191. The molecule has 2 heterocycles. The third-order valence-electron chi connectivity index (χ3n) is 6.35. The van der Waals surface area contributed by atoms with Crippen molar-refractivity contribution in [2.45, 2.75) is 32.7 Å². The maximum absolute atomic E-state index is 13.7. The van der Waals surface area contributed by atoms with E-state index in [0.717, 1.165) is 28.6 Å². The van der Waals surface area contributed by atoms with E-state index < -0.39 is 11.9 Å². The molecule has 0 aliphatic carbocycles. The number of ketones is 1. The molecule has 0 fully saturated rings. The lowest BCUT2D eigenvalue weighted by molar-refractivity contribution is 0.0970. The fourth-order valence-corrected chi connectivity index (χ4v) is 4.83. The van der Waals surface area contributed by atoms with E-state index in [-0.39, 0.29) is 17.0 Å². The Morgan fingerprint density at radius 1 is 1.03 bits per heavy atom. The number of fused-ring (bicyclic) bond motifs is 2. The maximum Gasteiger partial charge on any atom is 0.295 e. The van der Waals surface area contributed by atoms with Gasteiger partial charge in [-0.05, 0) is 73.5 Å². The average Bonchev–Trinajstić information content (AvgIpc) is 3.17. The summed E-state index contributed by atoms with van der Waals surface area (Å²) in [5.41, 5.74) is 2.25. The SMILES string of the molecule is CCCCOc1ccc(C2c3c(oc4ccc(Br)cc4c3=O)C(=O)N2c2ccc(C(C)=O)cc2)cc1. The normalized spacial score (nSPS) is 14.8. The molecule has 1 aromatic heterocycles. The van der Waals surface area contributed by atoms with E-state index in [1.807, 2.05) is 24.3 Å². The van der Waals surface area contributed by atoms with Crippen molar-refractivity contribution < 1.29 is 18.7 Å². The minimum absolute atomic E-state index is 0.0266. The fourth-order valence-electron chi connectivity index (χ4n) is 4.46. The average molecular weight is 546 g/mol. The zero-order valence-electron chi connectivity index (χ0n) is 19.9. The lowest BCUT2D eigenvalue weighted by Gasteiger charge is -2.25. The van der Waals surface area contributed by atoms with Crippen molar-refractivity contribution in [3.63, 3.8) is 0 Å². The fraction of sp³-hybridized carbons (Fsp3) is 0.207. The van der Waals surface area contributed by atoms with Crippen LogP contribution in [0.2, 0.25) is 0 Å². The highest BCUT2D eigenvalue weighted by Crippen LogP contribution is 2.41. The van der Waals surface area contributed by atoms with E-state index >= 15 is 0 Å². The molecule has 0 saturated heterocycles. The lowest BCUT2D eigenvalue weighted by Crippen LogP contribution is -2.29. The summed E-state index contributed by atoms with van der Waals surface area (Å²) in [5, 5.41) is 0.397. The Labute approximate surface area is 216 Å². The third kappa shape index (κ3) is 4.24. The van der Waals surface area contributed by atoms with Crippen molar-refractivity contribution in [3.05, 3.63) is 104 Å². The number of benzene rings is 3. The summed E-state index contributed by atoms with van der Waals surface area (Å²) in [6, 6.07) is 18.7. The van der Waals surface area contributed by atoms with Crippen molar-refractivity contribution in [1.29, 1.82) is 0 Å². The van der Waals surface area contributed by atoms with E-state index in [4.69, 9.17) is 9.15 Å². The second kappa shape index (κ2) is 9.74. The van der Waals surface area contributed by atoms with Crippen LogP contribution in [0.15, 0.2) is 80.4 Å². The van der Waals surface area contributed by atoms with Gasteiger partial charge in [0.05, 0.1) is 23.6 Å². The van der Waals surface area contributed by atoms with Gasteiger partial charge in [-0.3, -0.25) is 19.3 Å². The molecule has 3 aromatic carbocycles. The summed E-state index contributed by atoms with van der Waals surface area (Å²) in [5.74, 6) is 0.277. The van der Waals surface area contributed by atoms with Crippen molar-refractivity contribution in [2.75, 3.05) is 11.5 Å². The Morgan fingerprint density at radius 3 is 2.42 bits per heavy atom. The minimum atomic E-state index is -0.694. The zero-order chi connectivity index (χ0) is 25.4. The summed E-state index contributed by atoms with van der Waals surface area (Å²) in [4.78, 5) is 40.8. The van der Waals surface area contributed by atoms with Crippen molar-refractivity contribution in [3.8, 4) is 5.75 Å². The number of ether oxygens (including phenoxy) is 1. The van der Waals surface area contributed by atoms with Gasteiger partial charge in [-0.1, -0.05) is 41.4 Å². The molecule has 0 bridgehead atoms. The number of carbonyl (C=O) groups excluding carboxylic acids is 2. The van der Waals surface area contributed by atoms with E-state index in [2.05, 4.69) is 22.9 Å². The molecule has 1 aliphatic rings. The van der Waals surface area contributed by atoms with Crippen molar-refractivity contribution in [1.82, 2.24) is 0 Å². The van der Waals surface area contributed by atoms with Crippen molar-refractivity contribution >= 4 is 44.3 Å². The van der Waals surface area contributed by atoms with Gasteiger partial charge in [0, 0.05) is 15.7 Å². The minimum Gasteiger partial charge on any atom is -0.494 e. The highest BCUT2D eigenvalue weighted by atomic mass is 79.9. The van der Waals surface area contributed by atoms with Crippen LogP contribution in [-0.4, -0.2) is 18.3 Å². The monoisotopic (exact) mass is 545 g/mol. The first-order chi connectivity index (χ1) is 17.4. The van der Waals surface area contributed by atoms with Gasteiger partial charge in [0.25, 0.3) is 5.91 Å². The Bertz CT molecular complexity index is 1520. The topological polar surface area (TPSA) is 76.8 Å². The first kappa shape index (κ1) is 24.0. The molecule has 0 saturated carbocycles. The number of hydrogen-bond donors (Lipinski definition) is 0. The van der Waals surface area contributed by atoms with Gasteiger partial charge >= 0.3 is 0 Å². The maximum atomic E-state index is 13.7. The van der Waals surface area contributed by atoms with Crippen LogP contribution in [0.3, 0.4) is 0 Å². The standard InChI is InChI=1S/C29H24BrNO5/c1-3-4-15-35-22-12-7-19(8-13-22)26-25-27(33)23-16-20(30)9-14-24(23)36-28(25)29(34)31(26)21-10-5-18(6-11-21)17(2)32/h5-14,16,26H,3-4,15H2,1-2H3. The van der Waals surface area contributed by atoms with Gasteiger partial charge in [0.2, 0.25) is 5.76 Å². The van der Waals surface area contributed by atoms with Gasteiger partial charge in [-0.25, -0.2) is 0 Å². The van der Waals surface area contributed by atoms with Crippen LogP contribution >= 0.6 is 15.9 Å². The molecular weight excluding hydrogens is 522 g/mol. The number of amides is 1. The summed E-state index contributed by atoms with van der Waals surface area (Å²) >= 11 is 3.42. The van der Waals surface area contributed by atoms with Gasteiger partial charge in [-0.2, -0.15) is 0 Å². The Kier molecular flexibility index (Phi) is 6.49.